The normalized spacial score (nSPS) is 13.3. The highest BCUT2D eigenvalue weighted by Crippen LogP contribution is 2.17. The Morgan fingerprint density at radius 1 is 1.20 bits per heavy atom. The summed E-state index contributed by atoms with van der Waals surface area (Å²) in [6, 6.07) is 12.4. The number of benzene rings is 1. The summed E-state index contributed by atoms with van der Waals surface area (Å²) in [4.78, 5) is 0. The lowest BCUT2D eigenvalue weighted by molar-refractivity contribution is 0.236. The van der Waals surface area contributed by atoms with E-state index in [1.807, 2.05) is 37.3 Å². The van der Waals surface area contributed by atoms with Crippen LogP contribution in [0.1, 0.15) is 24.2 Å². The Labute approximate surface area is 118 Å². The molecule has 0 aliphatic rings. The third kappa shape index (κ3) is 3.47. The number of hydrogen-bond donors (Lipinski definition) is 2. The summed E-state index contributed by atoms with van der Waals surface area (Å²) in [6.45, 7) is 1.90. The van der Waals surface area contributed by atoms with Gasteiger partial charge in [-0.3, -0.25) is 0 Å². The van der Waals surface area contributed by atoms with E-state index in [0.717, 1.165) is 5.56 Å². The molecule has 2 rings (SSSR count). The number of furan rings is 1. The topological polar surface area (TPSA) is 79.5 Å². The van der Waals surface area contributed by atoms with Gasteiger partial charge in [0.15, 0.2) is 0 Å². The lowest BCUT2D eigenvalue weighted by atomic mass is 10.0. The third-order valence-corrected chi connectivity index (χ3v) is 4.30. The summed E-state index contributed by atoms with van der Waals surface area (Å²) in [5.41, 5.74) is 1.06. The number of nitrogens with one attached hydrogen (secondary N) is 1. The molecule has 0 spiro atoms. The summed E-state index contributed by atoms with van der Waals surface area (Å²) >= 11 is 0. The Morgan fingerprint density at radius 2 is 1.90 bits per heavy atom. The van der Waals surface area contributed by atoms with Crippen LogP contribution in [0.15, 0.2) is 52.0 Å². The second kappa shape index (κ2) is 6.21. The van der Waals surface area contributed by atoms with Crippen molar-refractivity contribution in [1.29, 1.82) is 0 Å². The maximum absolute atomic E-state index is 12.0. The van der Waals surface area contributed by atoms with Crippen LogP contribution in [0.3, 0.4) is 0 Å². The number of hydrogen-bond acceptors (Lipinski definition) is 4. The first-order chi connectivity index (χ1) is 9.53. The Hall–Kier alpha value is -1.63. The summed E-state index contributed by atoms with van der Waals surface area (Å²) in [6.07, 6.45) is 0. The van der Waals surface area contributed by atoms with Crippen molar-refractivity contribution in [2.75, 3.05) is 6.54 Å². The number of sulfonamides is 1. The molecule has 20 heavy (non-hydrogen) atoms. The van der Waals surface area contributed by atoms with Crippen molar-refractivity contribution in [1.82, 2.24) is 4.72 Å². The molecule has 1 heterocycles. The minimum Gasteiger partial charge on any atom is -0.446 e. The van der Waals surface area contributed by atoms with Crippen LogP contribution >= 0.6 is 0 Å². The van der Waals surface area contributed by atoms with Crippen molar-refractivity contribution in [3.8, 4) is 0 Å². The number of aliphatic hydroxyl groups excluding tert-OH is 1. The van der Waals surface area contributed by atoms with Gasteiger partial charge >= 0.3 is 0 Å². The molecule has 0 bridgehead atoms. The monoisotopic (exact) mass is 295 g/mol. The molecule has 0 aliphatic heterocycles. The van der Waals surface area contributed by atoms with Gasteiger partial charge in [-0.05, 0) is 23.6 Å². The molecule has 0 saturated carbocycles. The Balaban J connectivity index is 2.02. The first kappa shape index (κ1) is 14.8. The average Bonchev–Trinajstić information content (AvgIpc) is 2.95. The highest BCUT2D eigenvalue weighted by Gasteiger charge is 2.19. The van der Waals surface area contributed by atoms with E-state index in [4.69, 9.17) is 9.52 Å². The maximum Gasteiger partial charge on any atom is 0.273 e. The van der Waals surface area contributed by atoms with Gasteiger partial charge in [-0.25, -0.2) is 13.1 Å². The Kier molecular flexibility index (Phi) is 4.59. The molecule has 0 amide bonds. The van der Waals surface area contributed by atoms with E-state index in [0.29, 0.717) is 0 Å². The van der Waals surface area contributed by atoms with Gasteiger partial charge < -0.3 is 9.52 Å². The molecule has 2 N–H and O–H groups in total. The van der Waals surface area contributed by atoms with Crippen LogP contribution in [0, 0.1) is 0 Å². The summed E-state index contributed by atoms with van der Waals surface area (Å²) in [5, 5.41) is 8.70. The molecule has 108 valence electrons. The van der Waals surface area contributed by atoms with Gasteiger partial charge in [-0.15, -0.1) is 0 Å². The quantitative estimate of drug-likeness (QED) is 0.852. The van der Waals surface area contributed by atoms with E-state index in [2.05, 4.69) is 4.72 Å². The van der Waals surface area contributed by atoms with Gasteiger partial charge in [0.25, 0.3) is 10.0 Å². The largest absolute Gasteiger partial charge is 0.446 e. The summed E-state index contributed by atoms with van der Waals surface area (Å²) in [7, 11) is -3.68. The molecular formula is C14H17NO4S. The molecule has 0 saturated heterocycles. The standard InChI is InChI=1S/C14H17NO4S/c1-11(12-5-3-2-4-6-12)9-15-20(17,18)14-8-7-13(10-16)19-14/h2-8,11,15-16H,9-10H2,1H3. The zero-order chi connectivity index (χ0) is 14.6. The zero-order valence-corrected chi connectivity index (χ0v) is 11.9. The second-order valence-electron chi connectivity index (χ2n) is 4.54. The van der Waals surface area contributed by atoms with Gasteiger partial charge in [0.05, 0.1) is 0 Å². The van der Waals surface area contributed by atoms with Crippen LogP contribution in [0.4, 0.5) is 0 Å². The maximum atomic E-state index is 12.0. The van der Waals surface area contributed by atoms with Gasteiger partial charge in [-0.1, -0.05) is 37.3 Å². The molecule has 1 aromatic heterocycles. The Bertz CT molecular complexity index is 649. The first-order valence-corrected chi connectivity index (χ1v) is 7.75. The van der Waals surface area contributed by atoms with Gasteiger partial charge in [0.2, 0.25) is 5.09 Å². The summed E-state index contributed by atoms with van der Waals surface area (Å²) < 4.78 is 31.6. The Morgan fingerprint density at radius 3 is 2.50 bits per heavy atom. The zero-order valence-electron chi connectivity index (χ0n) is 11.1. The van der Waals surface area contributed by atoms with E-state index in [1.54, 1.807) is 0 Å². The fourth-order valence-electron chi connectivity index (χ4n) is 1.79. The molecule has 1 aromatic carbocycles. The highest BCUT2D eigenvalue weighted by atomic mass is 32.2. The molecule has 6 heteroatoms. The van der Waals surface area contributed by atoms with Crippen LogP contribution in [-0.4, -0.2) is 20.1 Å². The van der Waals surface area contributed by atoms with E-state index < -0.39 is 10.0 Å². The molecule has 1 unspecified atom stereocenters. The van der Waals surface area contributed by atoms with Crippen molar-refractivity contribution < 1.29 is 17.9 Å². The lowest BCUT2D eigenvalue weighted by Gasteiger charge is -2.12. The molecule has 1 atom stereocenters. The van der Waals surface area contributed by atoms with Crippen LogP contribution < -0.4 is 4.72 Å². The fourth-order valence-corrected chi connectivity index (χ4v) is 2.87. The van der Waals surface area contributed by atoms with Crippen LogP contribution in [0.25, 0.3) is 0 Å². The second-order valence-corrected chi connectivity index (χ2v) is 6.24. The van der Waals surface area contributed by atoms with Gasteiger partial charge in [0.1, 0.15) is 12.4 Å². The van der Waals surface area contributed by atoms with Crippen molar-refractivity contribution >= 4 is 10.0 Å². The number of rotatable bonds is 6. The smallest absolute Gasteiger partial charge is 0.273 e. The molecule has 2 aromatic rings. The molecular weight excluding hydrogens is 278 g/mol. The fraction of sp³-hybridized carbons (Fsp3) is 0.286. The molecule has 0 radical (unpaired) electrons. The van der Waals surface area contributed by atoms with Crippen LogP contribution in [0.5, 0.6) is 0 Å². The van der Waals surface area contributed by atoms with E-state index >= 15 is 0 Å². The van der Waals surface area contributed by atoms with Gasteiger partial charge in [-0.2, -0.15) is 0 Å². The van der Waals surface area contributed by atoms with Crippen molar-refractivity contribution in [2.45, 2.75) is 24.5 Å². The third-order valence-electron chi connectivity index (χ3n) is 3.01. The minimum atomic E-state index is -3.68. The molecule has 5 nitrogen and oxygen atoms in total. The first-order valence-electron chi connectivity index (χ1n) is 6.27. The van der Waals surface area contributed by atoms with E-state index in [-0.39, 0.29) is 29.9 Å². The van der Waals surface area contributed by atoms with Crippen LogP contribution in [-0.2, 0) is 16.6 Å². The summed E-state index contributed by atoms with van der Waals surface area (Å²) in [5.74, 6) is 0.278. The minimum absolute atomic E-state index is 0.0539. The molecule has 0 fully saturated rings. The van der Waals surface area contributed by atoms with E-state index in [1.165, 1.54) is 12.1 Å². The van der Waals surface area contributed by atoms with Crippen molar-refractivity contribution in [2.24, 2.45) is 0 Å². The highest BCUT2D eigenvalue weighted by molar-refractivity contribution is 7.89. The van der Waals surface area contributed by atoms with E-state index in [9.17, 15) is 8.42 Å². The SMILES string of the molecule is CC(CNS(=O)(=O)c1ccc(CO)o1)c1ccccc1. The lowest BCUT2D eigenvalue weighted by Crippen LogP contribution is -2.27. The average molecular weight is 295 g/mol. The van der Waals surface area contributed by atoms with Crippen LogP contribution in [0.2, 0.25) is 0 Å². The predicted molar refractivity (Wildman–Crippen MR) is 74.7 cm³/mol. The van der Waals surface area contributed by atoms with Gasteiger partial charge in [0, 0.05) is 6.54 Å². The number of aliphatic hydroxyl groups is 1. The van der Waals surface area contributed by atoms with Crippen molar-refractivity contribution in [3.63, 3.8) is 0 Å². The molecule has 0 aliphatic carbocycles. The predicted octanol–water partition coefficient (Wildman–Crippen LogP) is 1.85. The van der Waals surface area contributed by atoms with Crippen molar-refractivity contribution in [3.05, 3.63) is 53.8 Å².